The Hall–Kier alpha value is -6.64. The van der Waals surface area contributed by atoms with Gasteiger partial charge in [-0.3, -0.25) is 4.98 Å². The monoisotopic (exact) mass is 634 g/mol. The Morgan fingerprint density at radius 3 is 1.44 bits per heavy atom. The number of pyridine rings is 2. The van der Waals surface area contributed by atoms with Crippen LogP contribution in [0.5, 0.6) is 0 Å². The second-order valence-corrected chi connectivity index (χ2v) is 13.0. The average Bonchev–Trinajstić information content (AvgIpc) is 3.20. The topological polar surface area (TPSA) is 25.8 Å². The first-order valence-electron chi connectivity index (χ1n) is 17.1. The van der Waals surface area contributed by atoms with Gasteiger partial charge >= 0.3 is 0 Å². The van der Waals surface area contributed by atoms with Crippen LogP contribution in [0, 0.1) is 0 Å². The van der Waals surface area contributed by atoms with E-state index in [1.54, 1.807) is 0 Å². The molecule has 2 aromatic heterocycles. The van der Waals surface area contributed by atoms with Gasteiger partial charge in [0.2, 0.25) is 0 Å². The van der Waals surface area contributed by atoms with Gasteiger partial charge in [0.05, 0.1) is 11.2 Å². The Bertz CT molecular complexity index is 2910. The third-order valence-corrected chi connectivity index (χ3v) is 10.1. The van der Waals surface area contributed by atoms with Crippen LogP contribution in [0.2, 0.25) is 0 Å². The molecule has 0 N–H and O–H groups in total. The molecular formula is C48H30N2. The van der Waals surface area contributed by atoms with E-state index in [4.69, 9.17) is 4.98 Å². The molecule has 2 nitrogen and oxygen atoms in total. The number of nitrogens with zero attached hydrogens (tertiary/aromatic N) is 2. The highest BCUT2D eigenvalue weighted by Crippen LogP contribution is 2.41. The van der Waals surface area contributed by atoms with Gasteiger partial charge in [-0.1, -0.05) is 127 Å². The van der Waals surface area contributed by atoms with Gasteiger partial charge in [0.25, 0.3) is 0 Å². The number of hydrogen-bond acceptors (Lipinski definition) is 2. The number of hydrogen-bond donors (Lipinski definition) is 0. The molecule has 8 aromatic carbocycles. The highest BCUT2D eigenvalue weighted by molar-refractivity contribution is 6.16. The van der Waals surface area contributed by atoms with E-state index in [9.17, 15) is 0 Å². The van der Waals surface area contributed by atoms with E-state index in [1.807, 2.05) is 12.4 Å². The van der Waals surface area contributed by atoms with Crippen LogP contribution in [0.15, 0.2) is 182 Å². The molecule has 0 unspecified atom stereocenters. The maximum Gasteiger partial charge on any atom is 0.0722 e. The summed E-state index contributed by atoms with van der Waals surface area (Å²) < 4.78 is 0. The standard InChI is InChI=1S/C48H30N2/c1-3-11-37-34(9-1)27-43(41-15-7-5-13-39(37)41)36-21-22-47-46(29-36)44(33-19-17-31(18-20-33)32-23-25-49-26-24-32)30-48(50-47)45-28-35-10-2-4-12-38(35)40-14-6-8-16-42(40)45/h1-30H. The highest BCUT2D eigenvalue weighted by Gasteiger charge is 2.16. The van der Waals surface area contributed by atoms with Gasteiger partial charge in [0, 0.05) is 23.3 Å². The van der Waals surface area contributed by atoms with Gasteiger partial charge < -0.3 is 0 Å². The third kappa shape index (κ3) is 4.65. The van der Waals surface area contributed by atoms with Gasteiger partial charge in [-0.2, -0.15) is 0 Å². The van der Waals surface area contributed by atoms with E-state index >= 15 is 0 Å². The van der Waals surface area contributed by atoms with Gasteiger partial charge in [-0.25, -0.2) is 4.98 Å². The summed E-state index contributed by atoms with van der Waals surface area (Å²) in [4.78, 5) is 9.60. The van der Waals surface area contributed by atoms with Crippen LogP contribution < -0.4 is 0 Å². The fraction of sp³-hybridized carbons (Fsp3) is 0. The van der Waals surface area contributed by atoms with Crippen LogP contribution in [0.25, 0.3) is 98.6 Å². The SMILES string of the molecule is c1ccc2c(c1)cc(-c1ccc3nc(-c4cc5ccccc5c5ccccc45)cc(-c4ccc(-c5ccncc5)cc4)c3c1)c1ccccc12. The van der Waals surface area contributed by atoms with Crippen molar-refractivity contribution in [1.82, 2.24) is 9.97 Å². The molecule has 0 bridgehead atoms. The average molecular weight is 635 g/mol. The largest absolute Gasteiger partial charge is 0.265 e. The van der Waals surface area contributed by atoms with Crippen LogP contribution >= 0.6 is 0 Å². The molecule has 2 heterocycles. The first-order chi connectivity index (χ1) is 24.8. The fourth-order valence-electron chi connectivity index (χ4n) is 7.72. The minimum absolute atomic E-state index is 0.969. The van der Waals surface area contributed by atoms with Crippen LogP contribution in [0.1, 0.15) is 0 Å². The predicted molar refractivity (Wildman–Crippen MR) is 211 cm³/mol. The van der Waals surface area contributed by atoms with Crippen molar-refractivity contribution in [2.24, 2.45) is 0 Å². The summed E-state index contributed by atoms with van der Waals surface area (Å²) >= 11 is 0. The lowest BCUT2D eigenvalue weighted by molar-refractivity contribution is 1.33. The molecule has 232 valence electrons. The summed E-state index contributed by atoms with van der Waals surface area (Å²) in [6.45, 7) is 0. The Morgan fingerprint density at radius 2 is 0.780 bits per heavy atom. The molecule has 2 heteroatoms. The summed E-state index contributed by atoms with van der Waals surface area (Å²) in [7, 11) is 0. The van der Waals surface area contributed by atoms with Crippen molar-refractivity contribution in [3.8, 4) is 44.6 Å². The summed E-state index contributed by atoms with van der Waals surface area (Å²) in [5.74, 6) is 0. The van der Waals surface area contributed by atoms with E-state index < -0.39 is 0 Å². The maximum absolute atomic E-state index is 5.39. The van der Waals surface area contributed by atoms with Crippen LogP contribution in [0.4, 0.5) is 0 Å². The van der Waals surface area contributed by atoms with Crippen LogP contribution in [-0.4, -0.2) is 9.97 Å². The predicted octanol–water partition coefficient (Wildman–Crippen LogP) is 12.9. The molecule has 0 spiro atoms. The van der Waals surface area contributed by atoms with Crippen molar-refractivity contribution in [1.29, 1.82) is 0 Å². The lowest BCUT2D eigenvalue weighted by atomic mass is 9.90. The van der Waals surface area contributed by atoms with Gasteiger partial charge in [0.15, 0.2) is 0 Å². The van der Waals surface area contributed by atoms with E-state index in [1.165, 1.54) is 59.8 Å². The third-order valence-electron chi connectivity index (χ3n) is 10.1. The summed E-state index contributed by atoms with van der Waals surface area (Å²) in [5.41, 5.74) is 10.1. The summed E-state index contributed by atoms with van der Waals surface area (Å²) in [6, 6.07) is 61.5. The maximum atomic E-state index is 5.39. The Balaban J connectivity index is 1.23. The zero-order chi connectivity index (χ0) is 33.0. The van der Waals surface area contributed by atoms with E-state index in [0.29, 0.717) is 0 Å². The first-order valence-corrected chi connectivity index (χ1v) is 17.1. The Labute approximate surface area is 290 Å². The molecule has 10 aromatic rings. The highest BCUT2D eigenvalue weighted by atomic mass is 14.7. The van der Waals surface area contributed by atoms with E-state index in [0.717, 1.165) is 38.9 Å². The molecule has 50 heavy (non-hydrogen) atoms. The Morgan fingerprint density at radius 1 is 0.300 bits per heavy atom. The van der Waals surface area contributed by atoms with Crippen molar-refractivity contribution < 1.29 is 0 Å². The lowest BCUT2D eigenvalue weighted by Gasteiger charge is -2.16. The van der Waals surface area contributed by atoms with Crippen LogP contribution in [-0.2, 0) is 0 Å². The molecule has 0 aliphatic carbocycles. The van der Waals surface area contributed by atoms with Crippen molar-refractivity contribution in [2.75, 3.05) is 0 Å². The summed E-state index contributed by atoms with van der Waals surface area (Å²) in [6.07, 6.45) is 3.69. The zero-order valence-corrected chi connectivity index (χ0v) is 27.2. The van der Waals surface area contributed by atoms with Crippen molar-refractivity contribution >= 4 is 54.0 Å². The quantitative estimate of drug-likeness (QED) is 0.180. The fourth-order valence-corrected chi connectivity index (χ4v) is 7.72. The van der Waals surface area contributed by atoms with Crippen molar-refractivity contribution in [3.05, 3.63) is 182 Å². The molecule has 0 amide bonds. The normalized spacial score (nSPS) is 11.6. The molecular weight excluding hydrogens is 605 g/mol. The van der Waals surface area contributed by atoms with E-state index in [2.05, 4.69) is 175 Å². The molecule has 10 rings (SSSR count). The van der Waals surface area contributed by atoms with E-state index in [-0.39, 0.29) is 0 Å². The van der Waals surface area contributed by atoms with Crippen molar-refractivity contribution in [3.63, 3.8) is 0 Å². The smallest absolute Gasteiger partial charge is 0.0722 e. The summed E-state index contributed by atoms with van der Waals surface area (Å²) in [5, 5.41) is 11.1. The molecule has 0 aliphatic heterocycles. The zero-order valence-electron chi connectivity index (χ0n) is 27.2. The van der Waals surface area contributed by atoms with Gasteiger partial charge in [-0.05, 0) is 119 Å². The number of fused-ring (bicyclic) bond motifs is 7. The molecule has 0 fully saturated rings. The van der Waals surface area contributed by atoms with Gasteiger partial charge in [-0.15, -0.1) is 0 Å². The first kappa shape index (κ1) is 28.4. The second kappa shape index (κ2) is 11.5. The van der Waals surface area contributed by atoms with Gasteiger partial charge in [0.1, 0.15) is 0 Å². The number of aromatic nitrogens is 2. The van der Waals surface area contributed by atoms with Crippen molar-refractivity contribution in [2.45, 2.75) is 0 Å². The molecule has 0 radical (unpaired) electrons. The number of benzene rings is 8. The molecule has 0 aliphatic rings. The molecule has 0 saturated heterocycles. The molecule has 0 atom stereocenters. The lowest BCUT2D eigenvalue weighted by Crippen LogP contribution is -1.93. The minimum Gasteiger partial charge on any atom is -0.265 e. The molecule has 0 saturated carbocycles. The number of rotatable bonds is 4. The van der Waals surface area contributed by atoms with Crippen LogP contribution in [0.3, 0.4) is 0 Å². The second-order valence-electron chi connectivity index (χ2n) is 13.0. The minimum atomic E-state index is 0.969. The Kier molecular flexibility index (Phi) is 6.53.